The third kappa shape index (κ3) is 2.09. The number of carbonyl (C=O) groups is 1. The smallest absolute Gasteiger partial charge is 0.276 e. The first-order valence-corrected chi connectivity index (χ1v) is 6.34. The monoisotopic (exact) mass is 263 g/mol. The highest BCUT2D eigenvalue weighted by molar-refractivity contribution is 5.92. The minimum absolute atomic E-state index is 0.0429. The van der Waals surface area contributed by atoms with E-state index in [-0.39, 0.29) is 17.6 Å². The van der Waals surface area contributed by atoms with E-state index in [0.29, 0.717) is 24.2 Å². The van der Waals surface area contributed by atoms with Crippen LogP contribution in [0.25, 0.3) is 0 Å². The first-order valence-electron chi connectivity index (χ1n) is 6.34. The number of rotatable bonds is 4. The first kappa shape index (κ1) is 13.5. The Hall–Kier alpha value is -1.91. The van der Waals surface area contributed by atoms with Crippen molar-refractivity contribution in [2.75, 3.05) is 0 Å². The first-order chi connectivity index (χ1) is 8.90. The van der Waals surface area contributed by atoms with E-state index in [0.717, 1.165) is 0 Å². The fraction of sp³-hybridized carbons (Fsp3) is 0.500. The van der Waals surface area contributed by atoms with Gasteiger partial charge in [-0.25, -0.2) is 0 Å². The molecule has 5 heteroatoms. The zero-order valence-electron chi connectivity index (χ0n) is 11.3. The van der Waals surface area contributed by atoms with Crippen molar-refractivity contribution in [3.05, 3.63) is 33.9 Å². The summed E-state index contributed by atoms with van der Waals surface area (Å²) in [7, 11) is 0. The van der Waals surface area contributed by atoms with Gasteiger partial charge in [0, 0.05) is 12.5 Å². The van der Waals surface area contributed by atoms with E-state index in [4.69, 9.17) is 4.74 Å². The van der Waals surface area contributed by atoms with Crippen LogP contribution in [0.3, 0.4) is 0 Å². The molecule has 0 radical (unpaired) electrons. The third-order valence-corrected chi connectivity index (χ3v) is 4.17. The van der Waals surface area contributed by atoms with Crippen LogP contribution in [0.4, 0.5) is 5.69 Å². The van der Waals surface area contributed by atoms with Crippen molar-refractivity contribution in [1.29, 1.82) is 0 Å². The van der Waals surface area contributed by atoms with Gasteiger partial charge in [0.2, 0.25) is 0 Å². The summed E-state index contributed by atoms with van der Waals surface area (Å²) in [4.78, 5) is 22.1. The molecule has 2 unspecified atom stereocenters. The van der Waals surface area contributed by atoms with Gasteiger partial charge in [0.1, 0.15) is 17.6 Å². The van der Waals surface area contributed by atoms with E-state index in [1.165, 1.54) is 6.07 Å². The number of hydrogen-bond donors (Lipinski definition) is 0. The lowest BCUT2D eigenvalue weighted by Gasteiger charge is -2.44. The maximum atomic E-state index is 11.7. The molecule has 1 aromatic carbocycles. The third-order valence-electron chi connectivity index (χ3n) is 4.17. The van der Waals surface area contributed by atoms with E-state index < -0.39 is 10.3 Å². The predicted molar refractivity (Wildman–Crippen MR) is 70.3 cm³/mol. The summed E-state index contributed by atoms with van der Waals surface area (Å²) in [5, 5.41) is 10.9. The van der Waals surface area contributed by atoms with Gasteiger partial charge in [-0.1, -0.05) is 13.0 Å². The summed E-state index contributed by atoms with van der Waals surface area (Å²) in [6.45, 7) is 5.50. The summed E-state index contributed by atoms with van der Waals surface area (Å²) in [5.74, 6) is 0.689. The quantitative estimate of drug-likeness (QED) is 0.618. The van der Waals surface area contributed by atoms with Crippen molar-refractivity contribution >= 4 is 11.5 Å². The van der Waals surface area contributed by atoms with Crippen LogP contribution in [0.1, 0.15) is 32.3 Å². The average molecular weight is 263 g/mol. The second-order valence-corrected chi connectivity index (χ2v) is 5.16. The van der Waals surface area contributed by atoms with Gasteiger partial charge >= 0.3 is 0 Å². The maximum absolute atomic E-state index is 11.7. The molecule has 0 aromatic heterocycles. The van der Waals surface area contributed by atoms with Crippen LogP contribution < -0.4 is 4.74 Å². The van der Waals surface area contributed by atoms with Gasteiger partial charge < -0.3 is 4.74 Å². The molecule has 0 heterocycles. The molecular weight excluding hydrogens is 246 g/mol. The fourth-order valence-corrected chi connectivity index (χ4v) is 2.35. The normalized spacial score (nSPS) is 25.8. The van der Waals surface area contributed by atoms with Crippen LogP contribution in [0.5, 0.6) is 5.75 Å². The zero-order valence-corrected chi connectivity index (χ0v) is 11.3. The Kier molecular flexibility index (Phi) is 3.30. The molecule has 1 aliphatic rings. The summed E-state index contributed by atoms with van der Waals surface area (Å²) < 4.78 is 5.82. The lowest BCUT2D eigenvalue weighted by molar-refractivity contribution is -0.385. The molecule has 0 spiro atoms. The largest absolute Gasteiger partial charge is 0.488 e. The molecule has 1 aromatic rings. The van der Waals surface area contributed by atoms with Crippen molar-refractivity contribution in [1.82, 2.24) is 0 Å². The number of ketones is 1. The summed E-state index contributed by atoms with van der Waals surface area (Å²) in [6, 6.07) is 4.76. The molecule has 2 rings (SSSR count). The number of nitrogens with zero attached hydrogens (tertiary/aromatic N) is 1. The maximum Gasteiger partial charge on any atom is 0.276 e. The van der Waals surface area contributed by atoms with Crippen molar-refractivity contribution < 1.29 is 14.5 Å². The van der Waals surface area contributed by atoms with Gasteiger partial charge in [-0.2, -0.15) is 0 Å². The van der Waals surface area contributed by atoms with E-state index >= 15 is 0 Å². The molecule has 0 saturated heterocycles. The van der Waals surface area contributed by atoms with Crippen LogP contribution in [-0.4, -0.2) is 16.8 Å². The molecule has 1 saturated carbocycles. The molecule has 0 N–H and O–H groups in total. The Morgan fingerprint density at radius 3 is 2.74 bits per heavy atom. The number of Topliss-reactive ketones (excluding diaryl/α,β-unsaturated/α-hetero) is 1. The van der Waals surface area contributed by atoms with Crippen molar-refractivity contribution in [3.8, 4) is 5.75 Å². The van der Waals surface area contributed by atoms with Crippen LogP contribution in [0.15, 0.2) is 18.2 Å². The molecule has 0 amide bonds. The Labute approximate surface area is 111 Å². The molecular formula is C14H17NO4. The SMILES string of the molecule is CCC1(C)C(=O)CC1Oc1cccc([N+](=O)[O-])c1C. The van der Waals surface area contributed by atoms with Crippen LogP contribution >= 0.6 is 0 Å². The van der Waals surface area contributed by atoms with Gasteiger partial charge in [0.25, 0.3) is 5.69 Å². The van der Waals surface area contributed by atoms with E-state index in [2.05, 4.69) is 0 Å². The number of ether oxygens (including phenoxy) is 1. The molecule has 0 bridgehead atoms. The average Bonchev–Trinajstić information content (AvgIpc) is 2.39. The summed E-state index contributed by atoms with van der Waals surface area (Å²) in [6.07, 6.45) is 0.905. The molecule has 19 heavy (non-hydrogen) atoms. The Bertz CT molecular complexity index is 540. The van der Waals surface area contributed by atoms with Crippen LogP contribution in [-0.2, 0) is 4.79 Å². The van der Waals surface area contributed by atoms with Gasteiger partial charge in [-0.3, -0.25) is 14.9 Å². The highest BCUT2D eigenvalue weighted by Crippen LogP contribution is 2.43. The van der Waals surface area contributed by atoms with Crippen molar-refractivity contribution in [2.45, 2.75) is 39.7 Å². The molecule has 1 fully saturated rings. The number of nitro benzene ring substituents is 1. The number of carbonyl (C=O) groups excluding carboxylic acids is 1. The molecule has 1 aliphatic carbocycles. The van der Waals surface area contributed by atoms with Crippen LogP contribution in [0.2, 0.25) is 0 Å². The van der Waals surface area contributed by atoms with Crippen LogP contribution in [0, 0.1) is 22.5 Å². The Morgan fingerprint density at radius 1 is 1.53 bits per heavy atom. The second kappa shape index (κ2) is 4.64. The minimum atomic E-state index is -0.461. The Balaban J connectivity index is 2.24. The standard InChI is InChI=1S/C14H17NO4/c1-4-14(3)12(16)8-13(14)19-11-7-5-6-10(9(11)2)15(17)18/h5-7,13H,4,8H2,1-3H3. The predicted octanol–water partition coefficient (Wildman–Crippen LogP) is 3.04. The molecule has 2 atom stereocenters. The highest BCUT2D eigenvalue weighted by atomic mass is 16.6. The van der Waals surface area contributed by atoms with E-state index in [9.17, 15) is 14.9 Å². The number of hydrogen-bond acceptors (Lipinski definition) is 4. The van der Waals surface area contributed by atoms with E-state index in [1.807, 2.05) is 13.8 Å². The molecule has 5 nitrogen and oxygen atoms in total. The molecule has 0 aliphatic heterocycles. The number of nitro groups is 1. The lowest BCUT2D eigenvalue weighted by Crippen LogP contribution is -2.54. The second-order valence-electron chi connectivity index (χ2n) is 5.16. The molecule has 102 valence electrons. The topological polar surface area (TPSA) is 69.4 Å². The lowest BCUT2D eigenvalue weighted by atomic mass is 9.64. The summed E-state index contributed by atoms with van der Waals surface area (Å²) in [5.41, 5.74) is 0.0866. The van der Waals surface area contributed by atoms with E-state index in [1.54, 1.807) is 19.1 Å². The fourth-order valence-electron chi connectivity index (χ4n) is 2.35. The van der Waals surface area contributed by atoms with Gasteiger partial charge in [0.15, 0.2) is 0 Å². The van der Waals surface area contributed by atoms with Gasteiger partial charge in [-0.15, -0.1) is 0 Å². The highest BCUT2D eigenvalue weighted by Gasteiger charge is 2.51. The van der Waals surface area contributed by atoms with Crippen molar-refractivity contribution in [2.24, 2.45) is 5.41 Å². The minimum Gasteiger partial charge on any atom is -0.488 e. The van der Waals surface area contributed by atoms with Gasteiger partial charge in [0.05, 0.1) is 15.9 Å². The van der Waals surface area contributed by atoms with Gasteiger partial charge in [-0.05, 0) is 26.3 Å². The zero-order chi connectivity index (χ0) is 14.2. The Morgan fingerprint density at radius 2 is 2.21 bits per heavy atom. The number of benzene rings is 1. The van der Waals surface area contributed by atoms with Crippen molar-refractivity contribution in [3.63, 3.8) is 0 Å². The summed E-state index contributed by atoms with van der Waals surface area (Å²) >= 11 is 0.